The van der Waals surface area contributed by atoms with Crippen LogP contribution >= 0.6 is 22.6 Å². The van der Waals surface area contributed by atoms with E-state index in [1.807, 2.05) is 22.6 Å². The molecular weight excluding hydrogens is 374 g/mol. The third kappa shape index (κ3) is 3.42. The van der Waals surface area contributed by atoms with Crippen molar-refractivity contribution in [2.24, 2.45) is 0 Å². The summed E-state index contributed by atoms with van der Waals surface area (Å²) in [5.41, 5.74) is 0.603. The van der Waals surface area contributed by atoms with Crippen LogP contribution in [-0.2, 0) is 20.7 Å². The van der Waals surface area contributed by atoms with Gasteiger partial charge in [0.25, 0.3) is 10.1 Å². The summed E-state index contributed by atoms with van der Waals surface area (Å²) in [4.78, 5) is 0. The van der Waals surface area contributed by atoms with Gasteiger partial charge in [0.05, 0.1) is 16.4 Å². The van der Waals surface area contributed by atoms with Crippen molar-refractivity contribution in [1.29, 1.82) is 0 Å². The Labute approximate surface area is 117 Å². The maximum absolute atomic E-state index is 13.2. The first-order valence-corrected chi connectivity index (χ1v) is 7.96. The first-order chi connectivity index (χ1) is 8.35. The lowest BCUT2D eigenvalue weighted by Gasteiger charge is -1.98. The summed E-state index contributed by atoms with van der Waals surface area (Å²) in [5.74, 6) is 0.240. The van der Waals surface area contributed by atoms with Gasteiger partial charge in [-0.05, 0) is 40.8 Å². The zero-order chi connectivity index (χ0) is 13.3. The van der Waals surface area contributed by atoms with Gasteiger partial charge in [0.1, 0.15) is 17.2 Å². The number of hydrogen-bond donors (Lipinski definition) is 0. The first-order valence-electron chi connectivity index (χ1n) is 5.07. The molecule has 4 nitrogen and oxygen atoms in total. The summed E-state index contributed by atoms with van der Waals surface area (Å²) in [7, 11) is -3.44. The molecular formula is C11H10FIO4S. The Morgan fingerprint density at radius 1 is 1.39 bits per heavy atom. The maximum Gasteiger partial charge on any atom is 0.264 e. The van der Waals surface area contributed by atoms with Gasteiger partial charge in [-0.1, -0.05) is 0 Å². The van der Waals surface area contributed by atoms with Crippen LogP contribution in [0.3, 0.4) is 0 Å². The molecule has 1 aromatic carbocycles. The van der Waals surface area contributed by atoms with Crippen molar-refractivity contribution in [3.05, 3.63) is 33.3 Å². The van der Waals surface area contributed by atoms with Crippen molar-refractivity contribution in [3.8, 4) is 0 Å². The molecule has 0 unspecified atom stereocenters. The van der Waals surface area contributed by atoms with Gasteiger partial charge >= 0.3 is 0 Å². The van der Waals surface area contributed by atoms with Gasteiger partial charge in [0.15, 0.2) is 0 Å². The Morgan fingerprint density at radius 3 is 2.78 bits per heavy atom. The average Bonchev–Trinajstić information content (AvgIpc) is 2.58. The monoisotopic (exact) mass is 384 g/mol. The second-order valence-electron chi connectivity index (χ2n) is 3.79. The molecule has 7 heteroatoms. The normalized spacial score (nSPS) is 12.2. The highest BCUT2D eigenvalue weighted by atomic mass is 127. The maximum atomic E-state index is 13.2. The highest BCUT2D eigenvalue weighted by Crippen LogP contribution is 2.26. The Morgan fingerprint density at radius 2 is 2.11 bits per heavy atom. The molecule has 98 valence electrons. The van der Waals surface area contributed by atoms with E-state index in [4.69, 9.17) is 4.42 Å². The average molecular weight is 384 g/mol. The predicted molar refractivity (Wildman–Crippen MR) is 73.4 cm³/mol. The Hall–Kier alpha value is -0.670. The van der Waals surface area contributed by atoms with Crippen molar-refractivity contribution < 1.29 is 21.4 Å². The minimum absolute atomic E-state index is 0.0116. The minimum atomic E-state index is -3.44. The molecule has 0 bridgehead atoms. The number of furan rings is 1. The summed E-state index contributed by atoms with van der Waals surface area (Å²) in [6.07, 6.45) is 1.31. The van der Waals surface area contributed by atoms with Crippen LogP contribution in [0.15, 0.2) is 22.6 Å². The van der Waals surface area contributed by atoms with E-state index in [1.165, 1.54) is 12.1 Å². The first kappa shape index (κ1) is 13.8. The van der Waals surface area contributed by atoms with Crippen molar-refractivity contribution in [3.63, 3.8) is 0 Å². The molecule has 0 radical (unpaired) electrons. The third-order valence-corrected chi connectivity index (χ3v) is 3.63. The Bertz CT molecular complexity index is 678. The van der Waals surface area contributed by atoms with E-state index in [-0.39, 0.29) is 12.4 Å². The molecule has 0 atom stereocenters. The molecule has 2 aromatic rings. The molecule has 0 amide bonds. The summed E-state index contributed by atoms with van der Waals surface area (Å²) in [6.45, 7) is 0.0116. The van der Waals surface area contributed by atoms with Gasteiger partial charge in [-0.3, -0.25) is 4.18 Å². The highest BCUT2D eigenvalue weighted by molar-refractivity contribution is 14.1. The zero-order valence-corrected chi connectivity index (χ0v) is 12.4. The van der Waals surface area contributed by atoms with E-state index < -0.39 is 10.1 Å². The van der Waals surface area contributed by atoms with Gasteiger partial charge < -0.3 is 4.42 Å². The highest BCUT2D eigenvalue weighted by Gasteiger charge is 2.10. The largest absolute Gasteiger partial charge is 0.460 e. The summed E-state index contributed by atoms with van der Waals surface area (Å²) < 4.78 is 45.6. The lowest BCUT2D eigenvalue weighted by atomic mass is 10.2. The molecule has 18 heavy (non-hydrogen) atoms. The van der Waals surface area contributed by atoms with E-state index >= 15 is 0 Å². The van der Waals surface area contributed by atoms with Crippen molar-refractivity contribution in [2.45, 2.75) is 6.42 Å². The number of hydrogen-bond acceptors (Lipinski definition) is 4. The van der Waals surface area contributed by atoms with Crippen LogP contribution in [0.25, 0.3) is 11.0 Å². The molecule has 1 heterocycles. The Balaban J connectivity index is 2.18. The zero-order valence-electron chi connectivity index (χ0n) is 9.44. The SMILES string of the molecule is CS(=O)(=O)OCCc1cc2cc(F)cc(I)c2o1. The summed E-state index contributed by atoms with van der Waals surface area (Å²) in [5, 5.41) is 0.661. The molecule has 0 spiro atoms. The number of fused-ring (bicyclic) bond motifs is 1. The summed E-state index contributed by atoms with van der Waals surface area (Å²) >= 11 is 1.99. The molecule has 0 aliphatic heterocycles. The van der Waals surface area contributed by atoms with Crippen LogP contribution in [0.5, 0.6) is 0 Å². The number of benzene rings is 1. The standard InChI is InChI=1S/C11H10FIO4S/c1-18(14,15)16-3-2-9-5-7-4-8(12)6-10(13)11(7)17-9/h4-6H,2-3H2,1H3. The fourth-order valence-corrected chi connectivity index (χ4v) is 2.65. The van der Waals surface area contributed by atoms with Crippen molar-refractivity contribution in [1.82, 2.24) is 0 Å². The predicted octanol–water partition coefficient (Wildman–Crippen LogP) is 2.70. The van der Waals surface area contributed by atoms with E-state index in [1.54, 1.807) is 6.07 Å². The van der Waals surface area contributed by atoms with Crippen LogP contribution < -0.4 is 0 Å². The molecule has 2 rings (SSSR count). The minimum Gasteiger partial charge on any atom is -0.460 e. The molecule has 0 aliphatic rings. The smallest absolute Gasteiger partial charge is 0.264 e. The van der Waals surface area contributed by atoms with E-state index in [9.17, 15) is 12.8 Å². The van der Waals surface area contributed by atoms with Gasteiger partial charge in [0, 0.05) is 11.8 Å². The van der Waals surface area contributed by atoms with E-state index in [0.29, 0.717) is 26.7 Å². The number of rotatable bonds is 4. The number of halogens is 2. The Kier molecular flexibility index (Phi) is 3.93. The van der Waals surface area contributed by atoms with Gasteiger partial charge in [-0.25, -0.2) is 4.39 Å². The second kappa shape index (κ2) is 5.14. The lowest BCUT2D eigenvalue weighted by molar-refractivity contribution is 0.316. The van der Waals surface area contributed by atoms with Gasteiger partial charge in [-0.2, -0.15) is 8.42 Å². The van der Waals surface area contributed by atoms with Crippen molar-refractivity contribution in [2.75, 3.05) is 12.9 Å². The van der Waals surface area contributed by atoms with Gasteiger partial charge in [-0.15, -0.1) is 0 Å². The fourth-order valence-electron chi connectivity index (χ4n) is 1.55. The fraction of sp³-hybridized carbons (Fsp3) is 0.273. The van der Waals surface area contributed by atoms with Crippen LogP contribution in [0.2, 0.25) is 0 Å². The van der Waals surface area contributed by atoms with Crippen LogP contribution in [0.1, 0.15) is 5.76 Å². The van der Waals surface area contributed by atoms with Crippen molar-refractivity contribution >= 4 is 43.7 Å². The molecule has 1 aromatic heterocycles. The van der Waals surface area contributed by atoms with Crippen LogP contribution in [-0.4, -0.2) is 21.3 Å². The summed E-state index contributed by atoms with van der Waals surface area (Å²) in [6, 6.07) is 4.44. The van der Waals surface area contributed by atoms with Gasteiger partial charge in [0.2, 0.25) is 0 Å². The molecule has 0 fully saturated rings. The second-order valence-corrected chi connectivity index (χ2v) is 6.60. The molecule has 0 saturated heterocycles. The quantitative estimate of drug-likeness (QED) is 0.601. The van der Waals surface area contributed by atoms with Crippen LogP contribution in [0, 0.1) is 9.39 Å². The van der Waals surface area contributed by atoms with E-state index in [0.717, 1.165) is 6.26 Å². The van der Waals surface area contributed by atoms with Crippen LogP contribution in [0.4, 0.5) is 4.39 Å². The molecule has 0 N–H and O–H groups in total. The molecule has 0 aliphatic carbocycles. The third-order valence-electron chi connectivity index (χ3n) is 2.23. The topological polar surface area (TPSA) is 56.5 Å². The van der Waals surface area contributed by atoms with E-state index in [2.05, 4.69) is 4.18 Å². The lowest BCUT2D eigenvalue weighted by Crippen LogP contribution is -2.05. The molecule has 0 saturated carbocycles.